The number of nitriles is 1. The smallest absolute Gasteiger partial charge is 0.319 e. The summed E-state index contributed by atoms with van der Waals surface area (Å²) in [5, 5.41) is 23.6. The average molecular weight is 766 g/mol. The molecule has 2 aliphatic rings. The molecule has 0 radical (unpaired) electrons. The molecule has 2 fully saturated rings. The molecule has 12 nitrogen and oxygen atoms in total. The second-order valence-corrected chi connectivity index (χ2v) is 15.0. The third-order valence-corrected chi connectivity index (χ3v) is 11.0. The first-order valence-electron chi connectivity index (χ1n) is 18.4. The van der Waals surface area contributed by atoms with Gasteiger partial charge in [-0.15, -0.1) is 5.10 Å². The Bertz CT molecular complexity index is 2300. The monoisotopic (exact) mass is 765 g/mol. The maximum atomic E-state index is 15.3. The number of nitrogens with two attached hydrogens (primary N) is 1. The zero-order chi connectivity index (χ0) is 39.0. The highest BCUT2D eigenvalue weighted by Gasteiger charge is 2.40. The van der Waals surface area contributed by atoms with E-state index in [0.717, 1.165) is 36.3 Å². The van der Waals surface area contributed by atoms with E-state index in [1.807, 2.05) is 41.2 Å². The third kappa shape index (κ3) is 7.42. The second kappa shape index (κ2) is 15.8. The fourth-order valence-corrected chi connectivity index (χ4v) is 7.58. The van der Waals surface area contributed by atoms with E-state index in [1.165, 1.54) is 6.07 Å². The molecule has 3 N–H and O–H groups in total. The topological polar surface area (TPSA) is 149 Å². The first-order valence-corrected chi connectivity index (χ1v) is 18.8. The molecule has 7 rings (SSSR count). The van der Waals surface area contributed by atoms with E-state index in [-0.39, 0.29) is 48.1 Å². The molecule has 14 heteroatoms. The summed E-state index contributed by atoms with van der Waals surface area (Å²) in [5.41, 5.74) is 11.1. The van der Waals surface area contributed by atoms with Crippen LogP contribution in [0.4, 0.5) is 10.2 Å². The van der Waals surface area contributed by atoms with Gasteiger partial charge in [0.05, 0.1) is 29.4 Å². The number of fused-ring (bicyclic) bond motifs is 3. The van der Waals surface area contributed by atoms with Crippen molar-refractivity contribution in [2.75, 3.05) is 38.3 Å². The Balaban J connectivity index is 1.38. The predicted octanol–water partition coefficient (Wildman–Crippen LogP) is 7.24. The largest absolute Gasteiger partial charge is 0.486 e. The summed E-state index contributed by atoms with van der Waals surface area (Å²) < 4.78 is 35.3. The van der Waals surface area contributed by atoms with Gasteiger partial charge < -0.3 is 30.2 Å². The van der Waals surface area contributed by atoms with Crippen LogP contribution in [0.15, 0.2) is 54.4 Å². The molecule has 286 valence electrons. The summed E-state index contributed by atoms with van der Waals surface area (Å²) in [6, 6.07) is 15.8. The molecule has 2 saturated heterocycles. The summed E-state index contributed by atoms with van der Waals surface area (Å²) in [5.74, 6) is 0.941. The van der Waals surface area contributed by atoms with Gasteiger partial charge in [0.2, 0.25) is 0 Å². The van der Waals surface area contributed by atoms with Gasteiger partial charge in [-0.25, -0.2) is 9.07 Å². The normalized spacial score (nSPS) is 17.5. The molecule has 0 spiro atoms. The highest BCUT2D eigenvalue weighted by Crippen LogP contribution is 2.48. The van der Waals surface area contributed by atoms with Gasteiger partial charge in [0, 0.05) is 60.1 Å². The van der Waals surface area contributed by atoms with Crippen LogP contribution in [0.3, 0.4) is 0 Å². The molecule has 3 atom stereocenters. The van der Waals surface area contributed by atoms with Gasteiger partial charge in [-0.1, -0.05) is 61.0 Å². The van der Waals surface area contributed by atoms with Gasteiger partial charge in [0.15, 0.2) is 5.75 Å². The van der Waals surface area contributed by atoms with E-state index in [1.54, 1.807) is 27.0 Å². The standard InChI is InChI=1S/C41H45ClFN9O3/c1-22(2)25(5)52-20-35(49-50-52)27-9-7-26(8-10-27)21-55-39-37(30-11-12-34(43)23(3)36(30)32(17-44)24(4)45)33(42)16-31-38(39)47-41(54-14-13-53-6)48-40(31)51-19-28-15-29(51)18-46-28/h7-12,16,20,22,25,28-29,46H,13-15,18-19,21,45H2,1-6H3/b32-24+. The molecular weight excluding hydrogens is 721 g/mol. The maximum absolute atomic E-state index is 15.3. The summed E-state index contributed by atoms with van der Waals surface area (Å²) >= 11 is 7.30. The molecular formula is C41H45ClFN9O3. The predicted molar refractivity (Wildman–Crippen MR) is 211 cm³/mol. The van der Waals surface area contributed by atoms with Gasteiger partial charge in [0.25, 0.3) is 0 Å². The summed E-state index contributed by atoms with van der Waals surface area (Å²) in [6.07, 6.45) is 2.95. The van der Waals surface area contributed by atoms with Crippen molar-refractivity contribution in [3.63, 3.8) is 0 Å². The van der Waals surface area contributed by atoms with E-state index < -0.39 is 5.82 Å². The van der Waals surface area contributed by atoms with Crippen molar-refractivity contribution in [1.29, 1.82) is 5.26 Å². The minimum absolute atomic E-state index is 0.129. The summed E-state index contributed by atoms with van der Waals surface area (Å²) in [7, 11) is 1.60. The van der Waals surface area contributed by atoms with Crippen molar-refractivity contribution in [3.8, 4) is 40.2 Å². The SMILES string of the molecule is COCCOc1nc(N2CC3CC2CN3)c2cc(Cl)c(-c3ccc(F)c(C)c3/C(C#N)=C(\C)N)c(OCc3ccc(-c4cn(C(C)C(C)C)nn4)cc3)c2n1. The Morgan fingerprint density at radius 2 is 1.91 bits per heavy atom. The molecule has 4 heterocycles. The molecule has 2 bridgehead atoms. The zero-order valence-electron chi connectivity index (χ0n) is 31.9. The van der Waals surface area contributed by atoms with Gasteiger partial charge in [-0.3, -0.25) is 0 Å². The van der Waals surface area contributed by atoms with Crippen LogP contribution < -0.4 is 25.4 Å². The maximum Gasteiger partial charge on any atom is 0.319 e. The molecule has 0 saturated carbocycles. The van der Waals surface area contributed by atoms with Crippen LogP contribution in [0, 0.1) is 30.0 Å². The number of hydrogen-bond donors (Lipinski definition) is 2. The Kier molecular flexibility index (Phi) is 10.9. The Hall–Kier alpha value is -5.29. The van der Waals surface area contributed by atoms with E-state index >= 15 is 4.39 Å². The Morgan fingerprint density at radius 3 is 2.56 bits per heavy atom. The number of rotatable bonds is 13. The number of piperazine rings is 1. The molecule has 2 aliphatic heterocycles. The first kappa shape index (κ1) is 38.0. The molecule has 3 aromatic carbocycles. The first-order chi connectivity index (χ1) is 26.5. The molecule has 3 unspecified atom stereocenters. The van der Waals surface area contributed by atoms with Crippen molar-refractivity contribution in [2.24, 2.45) is 11.7 Å². The number of benzene rings is 3. The van der Waals surface area contributed by atoms with E-state index in [4.69, 9.17) is 41.5 Å². The number of nitrogens with zero attached hydrogens (tertiary/aromatic N) is 7. The van der Waals surface area contributed by atoms with Crippen LogP contribution >= 0.6 is 11.6 Å². The minimum atomic E-state index is -0.484. The molecule has 0 amide bonds. The van der Waals surface area contributed by atoms with Crippen molar-refractivity contribution in [2.45, 2.75) is 65.8 Å². The van der Waals surface area contributed by atoms with Crippen molar-refractivity contribution in [3.05, 3.63) is 81.9 Å². The lowest BCUT2D eigenvalue weighted by molar-refractivity contribution is 0.141. The van der Waals surface area contributed by atoms with Crippen LogP contribution in [-0.4, -0.2) is 70.5 Å². The number of anilines is 1. The molecule has 2 aromatic heterocycles. The van der Waals surface area contributed by atoms with Crippen molar-refractivity contribution in [1.82, 2.24) is 30.3 Å². The van der Waals surface area contributed by atoms with Crippen LogP contribution in [0.2, 0.25) is 5.02 Å². The van der Waals surface area contributed by atoms with Crippen molar-refractivity contribution >= 4 is 33.9 Å². The van der Waals surface area contributed by atoms with Crippen molar-refractivity contribution < 1.29 is 18.6 Å². The molecule has 55 heavy (non-hydrogen) atoms. The van der Waals surface area contributed by atoms with Crippen LogP contribution in [0.1, 0.15) is 56.8 Å². The highest BCUT2D eigenvalue weighted by molar-refractivity contribution is 6.35. The number of ether oxygens (including phenoxy) is 3. The summed E-state index contributed by atoms with van der Waals surface area (Å²) in [4.78, 5) is 12.1. The van der Waals surface area contributed by atoms with Crippen LogP contribution in [0.25, 0.3) is 38.9 Å². The Morgan fingerprint density at radius 1 is 1.13 bits per heavy atom. The van der Waals surface area contributed by atoms with Gasteiger partial charge in [0.1, 0.15) is 42.1 Å². The molecule has 0 aliphatic carbocycles. The Labute approximate surface area is 325 Å². The lowest BCUT2D eigenvalue weighted by Gasteiger charge is -2.30. The molecule has 5 aromatic rings. The number of methoxy groups -OCH3 is 1. The fraction of sp³-hybridized carbons (Fsp3) is 0.390. The lowest BCUT2D eigenvalue weighted by Crippen LogP contribution is -2.44. The van der Waals surface area contributed by atoms with E-state index in [0.29, 0.717) is 62.7 Å². The second-order valence-electron chi connectivity index (χ2n) is 14.6. The third-order valence-electron chi connectivity index (χ3n) is 10.7. The van der Waals surface area contributed by atoms with Crippen LogP contribution in [0.5, 0.6) is 11.8 Å². The van der Waals surface area contributed by atoms with E-state index in [2.05, 4.69) is 47.4 Å². The number of aromatic nitrogens is 5. The number of halogens is 2. The summed E-state index contributed by atoms with van der Waals surface area (Å²) in [6.45, 7) is 11.9. The van der Waals surface area contributed by atoms with E-state index in [9.17, 15) is 5.26 Å². The minimum Gasteiger partial charge on any atom is -0.486 e. The highest BCUT2D eigenvalue weighted by atomic mass is 35.5. The van der Waals surface area contributed by atoms with Gasteiger partial charge in [-0.05, 0) is 61.9 Å². The number of allylic oxidation sites excluding steroid dienone is 2. The quantitative estimate of drug-likeness (QED) is 0.0923. The van der Waals surface area contributed by atoms with Gasteiger partial charge >= 0.3 is 6.01 Å². The van der Waals surface area contributed by atoms with Crippen LogP contribution in [-0.2, 0) is 11.3 Å². The fourth-order valence-electron chi connectivity index (χ4n) is 7.28. The van der Waals surface area contributed by atoms with Gasteiger partial charge in [-0.2, -0.15) is 15.2 Å². The lowest BCUT2D eigenvalue weighted by atomic mass is 9.89. The zero-order valence-corrected chi connectivity index (χ0v) is 32.6. The average Bonchev–Trinajstić information content (AvgIpc) is 3.95. The number of nitrogens with one attached hydrogen (secondary N) is 1. The number of hydrogen-bond acceptors (Lipinski definition) is 11.